The first kappa shape index (κ1) is 17.6. The first-order valence-electron chi connectivity index (χ1n) is 7.03. The molecular weight excluding hydrogens is 344 g/mol. The number of non-ortho nitro benzene ring substituents is 1. The third kappa shape index (κ3) is 3.80. The molecule has 1 fully saturated rings. The van der Waals surface area contributed by atoms with Crippen molar-refractivity contribution in [1.29, 1.82) is 0 Å². The van der Waals surface area contributed by atoms with Crippen LogP contribution < -0.4 is 5.32 Å². The average Bonchev–Trinajstić information content (AvgIpc) is 2.91. The number of nitrogens with zero attached hydrogens (tertiary/aromatic N) is 2. The molecule has 0 saturated carbocycles. The Balaban J connectivity index is 0.00000192. The van der Waals surface area contributed by atoms with Crippen LogP contribution in [0.5, 0.6) is 0 Å². The van der Waals surface area contributed by atoms with E-state index in [4.69, 9.17) is 0 Å². The van der Waals surface area contributed by atoms with Gasteiger partial charge in [-0.15, -0.1) is 12.4 Å². The van der Waals surface area contributed by atoms with Gasteiger partial charge in [0.15, 0.2) is 0 Å². The predicted octanol–water partition coefficient (Wildman–Crippen LogP) is 1.67. The summed E-state index contributed by atoms with van der Waals surface area (Å²) in [5, 5.41) is 13.8. The van der Waals surface area contributed by atoms with Gasteiger partial charge in [-0.2, -0.15) is 0 Å². The van der Waals surface area contributed by atoms with Crippen molar-refractivity contribution < 1.29 is 13.3 Å². The highest BCUT2D eigenvalue weighted by molar-refractivity contribution is 7.91. The summed E-state index contributed by atoms with van der Waals surface area (Å²) in [5.41, 5.74) is 0.664. The third-order valence-electron chi connectivity index (χ3n) is 3.80. The summed E-state index contributed by atoms with van der Waals surface area (Å²) in [6, 6.07) is 4.05. The normalized spacial score (nSPS) is 18.5. The number of nitrogens with one attached hydrogen (secondary N) is 2. The van der Waals surface area contributed by atoms with Crippen molar-refractivity contribution in [3.05, 3.63) is 28.3 Å². The monoisotopic (exact) mass is 360 g/mol. The highest BCUT2D eigenvalue weighted by Crippen LogP contribution is 2.22. The molecule has 0 amide bonds. The van der Waals surface area contributed by atoms with E-state index in [0.717, 1.165) is 19.4 Å². The molecule has 3 rings (SSSR count). The van der Waals surface area contributed by atoms with Crippen LogP contribution in [0, 0.1) is 16.0 Å². The first-order valence-corrected chi connectivity index (χ1v) is 8.68. The predicted molar refractivity (Wildman–Crippen MR) is 87.6 cm³/mol. The lowest BCUT2D eigenvalue weighted by molar-refractivity contribution is -0.384. The van der Waals surface area contributed by atoms with Gasteiger partial charge >= 0.3 is 0 Å². The summed E-state index contributed by atoms with van der Waals surface area (Å²) < 4.78 is 24.9. The second kappa shape index (κ2) is 6.81. The van der Waals surface area contributed by atoms with Crippen LogP contribution in [0.2, 0.25) is 0 Å². The Kier molecular flexibility index (Phi) is 5.23. The number of imidazole rings is 1. The van der Waals surface area contributed by atoms with Crippen molar-refractivity contribution in [2.75, 3.05) is 18.8 Å². The zero-order valence-corrected chi connectivity index (χ0v) is 13.8. The van der Waals surface area contributed by atoms with E-state index in [-0.39, 0.29) is 34.9 Å². The first-order chi connectivity index (χ1) is 10.5. The van der Waals surface area contributed by atoms with Gasteiger partial charge in [0.25, 0.3) is 5.69 Å². The maximum absolute atomic E-state index is 12.4. The Morgan fingerprint density at radius 3 is 2.83 bits per heavy atom. The van der Waals surface area contributed by atoms with E-state index in [1.165, 1.54) is 18.2 Å². The molecule has 2 heterocycles. The summed E-state index contributed by atoms with van der Waals surface area (Å²) in [5.74, 6) is 0.100. The second-order valence-electron chi connectivity index (χ2n) is 5.49. The molecule has 10 heteroatoms. The molecule has 1 aromatic carbocycles. The number of sulfone groups is 1. The van der Waals surface area contributed by atoms with Crippen LogP contribution in [0.15, 0.2) is 23.4 Å². The number of halogens is 1. The summed E-state index contributed by atoms with van der Waals surface area (Å²) in [7, 11) is -3.53. The number of aromatic amines is 1. The van der Waals surface area contributed by atoms with Crippen LogP contribution in [-0.2, 0) is 9.84 Å². The van der Waals surface area contributed by atoms with E-state index in [2.05, 4.69) is 15.3 Å². The second-order valence-corrected chi connectivity index (χ2v) is 7.44. The summed E-state index contributed by atoms with van der Waals surface area (Å²) in [6.45, 7) is 1.61. The lowest BCUT2D eigenvalue weighted by atomic mass is 10.0. The van der Waals surface area contributed by atoms with Crippen LogP contribution >= 0.6 is 12.4 Å². The quantitative estimate of drug-likeness (QED) is 0.632. The molecule has 1 aliphatic heterocycles. The number of fused-ring (bicyclic) bond motifs is 1. The van der Waals surface area contributed by atoms with Crippen LogP contribution in [0.4, 0.5) is 5.69 Å². The summed E-state index contributed by atoms with van der Waals surface area (Å²) >= 11 is 0. The highest BCUT2D eigenvalue weighted by atomic mass is 35.5. The van der Waals surface area contributed by atoms with Crippen molar-refractivity contribution in [1.82, 2.24) is 15.3 Å². The van der Waals surface area contributed by atoms with E-state index in [1.807, 2.05) is 0 Å². The van der Waals surface area contributed by atoms with E-state index in [1.54, 1.807) is 0 Å². The Morgan fingerprint density at radius 2 is 2.17 bits per heavy atom. The van der Waals surface area contributed by atoms with Gasteiger partial charge in [-0.25, -0.2) is 13.4 Å². The molecule has 1 unspecified atom stereocenters. The fourth-order valence-corrected chi connectivity index (χ4v) is 4.26. The number of rotatable bonds is 4. The zero-order chi connectivity index (χ0) is 15.7. The van der Waals surface area contributed by atoms with Gasteiger partial charge in [-0.1, -0.05) is 0 Å². The number of benzene rings is 1. The molecule has 0 aliphatic carbocycles. The molecule has 1 atom stereocenters. The van der Waals surface area contributed by atoms with Crippen molar-refractivity contribution in [2.24, 2.45) is 5.92 Å². The lowest BCUT2D eigenvalue weighted by Gasteiger charge is -2.21. The van der Waals surface area contributed by atoms with E-state index >= 15 is 0 Å². The van der Waals surface area contributed by atoms with Gasteiger partial charge in [-0.3, -0.25) is 10.1 Å². The van der Waals surface area contributed by atoms with Crippen LogP contribution in [-0.4, -0.2) is 42.2 Å². The Morgan fingerprint density at radius 1 is 1.39 bits per heavy atom. The molecule has 8 nitrogen and oxygen atoms in total. The number of piperidine rings is 1. The van der Waals surface area contributed by atoms with Gasteiger partial charge in [0.05, 0.1) is 21.7 Å². The topological polar surface area (TPSA) is 118 Å². The number of nitro groups is 1. The van der Waals surface area contributed by atoms with Crippen LogP contribution in [0.25, 0.3) is 11.0 Å². The Bertz CT molecular complexity index is 814. The number of H-pyrrole nitrogens is 1. The van der Waals surface area contributed by atoms with E-state index < -0.39 is 14.8 Å². The molecule has 126 valence electrons. The van der Waals surface area contributed by atoms with Crippen molar-refractivity contribution in [3.8, 4) is 0 Å². The fraction of sp³-hybridized carbons (Fsp3) is 0.462. The average molecular weight is 361 g/mol. The van der Waals surface area contributed by atoms with Gasteiger partial charge in [0.2, 0.25) is 15.0 Å². The molecule has 0 bridgehead atoms. The maximum atomic E-state index is 12.4. The van der Waals surface area contributed by atoms with Crippen molar-refractivity contribution in [2.45, 2.75) is 18.0 Å². The Labute approximate surface area is 139 Å². The molecule has 1 saturated heterocycles. The van der Waals surface area contributed by atoms with Gasteiger partial charge < -0.3 is 10.3 Å². The summed E-state index contributed by atoms with van der Waals surface area (Å²) in [6.07, 6.45) is 1.84. The SMILES string of the molecule is Cl.O=[N+]([O-])c1ccc2nc(S(=O)(=O)CC3CCCNC3)[nH]c2c1. The smallest absolute Gasteiger partial charge is 0.271 e. The third-order valence-corrected chi connectivity index (χ3v) is 5.50. The minimum absolute atomic E-state index is 0. The Hall–Kier alpha value is -1.71. The van der Waals surface area contributed by atoms with Crippen molar-refractivity contribution in [3.63, 3.8) is 0 Å². The fourth-order valence-electron chi connectivity index (χ4n) is 2.69. The molecule has 2 aromatic rings. The molecule has 1 aliphatic rings. The highest BCUT2D eigenvalue weighted by Gasteiger charge is 2.26. The van der Waals surface area contributed by atoms with E-state index in [9.17, 15) is 18.5 Å². The van der Waals surface area contributed by atoms with Crippen molar-refractivity contribution >= 4 is 39.0 Å². The minimum atomic E-state index is -3.53. The number of hydrogen-bond donors (Lipinski definition) is 2. The molecule has 1 aromatic heterocycles. The molecular formula is C13H17ClN4O4S. The zero-order valence-electron chi connectivity index (χ0n) is 12.2. The molecule has 0 spiro atoms. The van der Waals surface area contributed by atoms with Crippen LogP contribution in [0.1, 0.15) is 12.8 Å². The van der Waals surface area contributed by atoms with Gasteiger partial charge in [0.1, 0.15) is 0 Å². The van der Waals surface area contributed by atoms with Gasteiger partial charge in [-0.05, 0) is 37.9 Å². The number of aromatic nitrogens is 2. The summed E-state index contributed by atoms with van der Waals surface area (Å²) in [4.78, 5) is 17.0. The number of nitro benzene ring substituents is 1. The largest absolute Gasteiger partial charge is 0.329 e. The van der Waals surface area contributed by atoms with Gasteiger partial charge in [0, 0.05) is 12.1 Å². The number of hydrogen-bond acceptors (Lipinski definition) is 6. The molecule has 23 heavy (non-hydrogen) atoms. The standard InChI is InChI=1S/C13H16N4O4S.ClH/c18-17(19)10-3-4-11-12(6-10)16-13(15-11)22(20,21)8-9-2-1-5-14-7-9;/h3-4,6,9,14H,1-2,5,7-8H2,(H,15,16);1H. The van der Waals surface area contributed by atoms with E-state index in [0.29, 0.717) is 17.6 Å². The molecule has 2 N–H and O–H groups in total. The molecule has 0 radical (unpaired) electrons. The minimum Gasteiger partial charge on any atom is -0.329 e. The van der Waals surface area contributed by atoms with Crippen LogP contribution in [0.3, 0.4) is 0 Å². The lowest BCUT2D eigenvalue weighted by Crippen LogP contribution is -2.34. The maximum Gasteiger partial charge on any atom is 0.271 e.